The van der Waals surface area contributed by atoms with Crippen LogP contribution in [0.4, 0.5) is 18.9 Å². The number of carbonyl (C=O) groups excluding carboxylic acids is 2. The summed E-state index contributed by atoms with van der Waals surface area (Å²) in [5, 5.41) is 3.14. The van der Waals surface area contributed by atoms with E-state index in [9.17, 15) is 22.8 Å². The zero-order valence-electron chi connectivity index (χ0n) is 16.6. The van der Waals surface area contributed by atoms with Gasteiger partial charge >= 0.3 is 6.61 Å². The molecule has 1 heterocycles. The minimum Gasteiger partial charge on any atom is -0.435 e. The van der Waals surface area contributed by atoms with E-state index in [1.165, 1.54) is 17.0 Å². The number of alkyl halides is 2. The fraction of sp³-hybridized carbons (Fsp3) is 0.333. The Bertz CT molecular complexity index is 950. The summed E-state index contributed by atoms with van der Waals surface area (Å²) in [7, 11) is 3.37. The highest BCUT2D eigenvalue weighted by Crippen LogP contribution is 2.31. The number of halogens is 3. The Kier molecular flexibility index (Phi) is 6.49. The summed E-state index contributed by atoms with van der Waals surface area (Å²) in [4.78, 5) is 27.5. The topological polar surface area (TPSA) is 61.9 Å². The Morgan fingerprint density at radius 1 is 1.20 bits per heavy atom. The Morgan fingerprint density at radius 2 is 1.97 bits per heavy atom. The number of fused-ring (bicyclic) bond motifs is 1. The summed E-state index contributed by atoms with van der Waals surface area (Å²) >= 11 is 0. The predicted octanol–water partition coefficient (Wildman–Crippen LogP) is 3.79. The van der Waals surface area contributed by atoms with Crippen molar-refractivity contribution in [3.05, 3.63) is 47.8 Å². The molecule has 0 atom stereocenters. The van der Waals surface area contributed by atoms with Gasteiger partial charge in [0.1, 0.15) is 11.6 Å². The van der Waals surface area contributed by atoms with E-state index in [1.54, 1.807) is 37.2 Å². The van der Waals surface area contributed by atoms with Crippen molar-refractivity contribution < 1.29 is 27.5 Å². The fourth-order valence-electron chi connectivity index (χ4n) is 3.20. The Morgan fingerprint density at radius 3 is 2.67 bits per heavy atom. The highest BCUT2D eigenvalue weighted by Gasteiger charge is 2.24. The van der Waals surface area contributed by atoms with Crippen LogP contribution in [0.25, 0.3) is 11.1 Å². The minimum absolute atomic E-state index is 0.00254. The van der Waals surface area contributed by atoms with E-state index in [2.05, 4.69) is 10.1 Å². The number of anilines is 1. The van der Waals surface area contributed by atoms with E-state index in [1.807, 2.05) is 0 Å². The first-order valence-corrected chi connectivity index (χ1v) is 9.37. The van der Waals surface area contributed by atoms with E-state index in [0.29, 0.717) is 41.8 Å². The summed E-state index contributed by atoms with van der Waals surface area (Å²) < 4.78 is 43.0. The highest BCUT2D eigenvalue weighted by atomic mass is 19.3. The number of carbonyl (C=O) groups is 2. The van der Waals surface area contributed by atoms with Crippen molar-refractivity contribution in [2.24, 2.45) is 0 Å². The van der Waals surface area contributed by atoms with Gasteiger partial charge in [-0.15, -0.1) is 0 Å². The van der Waals surface area contributed by atoms with Crippen molar-refractivity contribution in [3.63, 3.8) is 0 Å². The smallest absolute Gasteiger partial charge is 0.387 e. The van der Waals surface area contributed by atoms with Crippen molar-refractivity contribution in [2.75, 3.05) is 32.6 Å². The normalized spacial score (nSPS) is 13.1. The van der Waals surface area contributed by atoms with Crippen LogP contribution in [0.15, 0.2) is 36.4 Å². The average Bonchev–Trinajstić information content (AvgIpc) is 2.68. The Balaban J connectivity index is 1.74. The molecule has 6 nitrogen and oxygen atoms in total. The van der Waals surface area contributed by atoms with Crippen LogP contribution in [0.2, 0.25) is 0 Å². The highest BCUT2D eigenvalue weighted by molar-refractivity contribution is 6.02. The molecule has 0 aromatic heterocycles. The summed E-state index contributed by atoms with van der Waals surface area (Å²) in [6.07, 6.45) is 0.902. The summed E-state index contributed by atoms with van der Waals surface area (Å²) in [6, 6.07) is 8.30. The summed E-state index contributed by atoms with van der Waals surface area (Å²) in [5.41, 5.74) is 1.92. The van der Waals surface area contributed by atoms with Gasteiger partial charge in [-0.1, -0.05) is 6.07 Å². The van der Waals surface area contributed by atoms with Gasteiger partial charge < -0.3 is 19.9 Å². The summed E-state index contributed by atoms with van der Waals surface area (Å²) in [6.45, 7) is -2.35. The van der Waals surface area contributed by atoms with Gasteiger partial charge in [-0.25, -0.2) is 4.39 Å². The van der Waals surface area contributed by atoms with Crippen molar-refractivity contribution in [1.82, 2.24) is 9.80 Å². The molecule has 2 aromatic rings. The van der Waals surface area contributed by atoms with Gasteiger partial charge in [0.15, 0.2) is 0 Å². The quantitative estimate of drug-likeness (QED) is 0.739. The first kappa shape index (κ1) is 21.5. The van der Waals surface area contributed by atoms with E-state index in [0.717, 1.165) is 6.07 Å². The minimum atomic E-state index is -3.05. The standard InChI is InChI=1S/C21H22F3N3O3/c1-26(2)19(28)4-3-7-27-12-25-18-10-13(5-6-17(18)20(27)29)14-8-15(22)11-16(9-14)30-21(23)24/h5-6,8-11,21,25H,3-4,7,12H2,1-2H3. The molecule has 0 aliphatic carbocycles. The van der Waals surface area contributed by atoms with Crippen LogP contribution in [0.3, 0.4) is 0 Å². The number of hydrogen-bond donors (Lipinski definition) is 1. The first-order chi connectivity index (χ1) is 14.2. The third-order valence-electron chi connectivity index (χ3n) is 4.74. The average molecular weight is 421 g/mol. The molecule has 1 aliphatic rings. The van der Waals surface area contributed by atoms with Crippen molar-refractivity contribution in [2.45, 2.75) is 19.5 Å². The molecular weight excluding hydrogens is 399 g/mol. The molecule has 2 aromatic carbocycles. The SMILES string of the molecule is CN(C)C(=O)CCCN1CNc2cc(-c3cc(F)cc(OC(F)F)c3)ccc2C1=O. The maximum atomic E-state index is 13.8. The molecule has 9 heteroatoms. The van der Waals surface area contributed by atoms with E-state index in [-0.39, 0.29) is 24.2 Å². The molecule has 2 amide bonds. The molecule has 0 fully saturated rings. The van der Waals surface area contributed by atoms with Crippen LogP contribution in [0.5, 0.6) is 5.75 Å². The number of nitrogens with zero attached hydrogens (tertiary/aromatic N) is 2. The van der Waals surface area contributed by atoms with E-state index >= 15 is 0 Å². The Hall–Kier alpha value is -3.23. The molecule has 160 valence electrons. The number of nitrogens with one attached hydrogen (secondary N) is 1. The maximum Gasteiger partial charge on any atom is 0.387 e. The van der Waals surface area contributed by atoms with Gasteiger partial charge in [0, 0.05) is 38.8 Å². The molecule has 0 saturated heterocycles. The summed E-state index contributed by atoms with van der Waals surface area (Å²) in [5.74, 6) is -1.15. The van der Waals surface area contributed by atoms with Crippen LogP contribution in [-0.2, 0) is 4.79 Å². The molecular formula is C21H22F3N3O3. The second kappa shape index (κ2) is 9.06. The molecule has 3 rings (SSSR count). The van der Waals surface area contributed by atoms with Crippen LogP contribution in [-0.4, -0.2) is 55.5 Å². The number of benzene rings is 2. The predicted molar refractivity (Wildman–Crippen MR) is 106 cm³/mol. The molecule has 0 radical (unpaired) electrons. The van der Waals surface area contributed by atoms with E-state index in [4.69, 9.17) is 0 Å². The first-order valence-electron chi connectivity index (χ1n) is 9.37. The number of rotatable bonds is 7. The zero-order valence-corrected chi connectivity index (χ0v) is 16.6. The second-order valence-electron chi connectivity index (χ2n) is 7.11. The third-order valence-corrected chi connectivity index (χ3v) is 4.74. The van der Waals surface area contributed by atoms with Crippen molar-refractivity contribution in [1.29, 1.82) is 0 Å². The fourth-order valence-corrected chi connectivity index (χ4v) is 3.20. The molecule has 0 unspecified atom stereocenters. The lowest BCUT2D eigenvalue weighted by molar-refractivity contribution is -0.128. The van der Waals surface area contributed by atoms with Crippen LogP contribution in [0.1, 0.15) is 23.2 Å². The number of hydrogen-bond acceptors (Lipinski definition) is 4. The maximum absolute atomic E-state index is 13.8. The Labute approximate surface area is 172 Å². The van der Waals surface area contributed by atoms with E-state index < -0.39 is 12.4 Å². The van der Waals surface area contributed by atoms with Crippen LogP contribution < -0.4 is 10.1 Å². The van der Waals surface area contributed by atoms with Gasteiger partial charge in [-0.2, -0.15) is 8.78 Å². The van der Waals surface area contributed by atoms with Gasteiger partial charge in [-0.05, 0) is 41.8 Å². The lowest BCUT2D eigenvalue weighted by Crippen LogP contribution is -2.40. The number of amides is 2. The second-order valence-corrected chi connectivity index (χ2v) is 7.11. The van der Waals surface area contributed by atoms with Crippen LogP contribution in [0, 0.1) is 5.82 Å². The monoisotopic (exact) mass is 421 g/mol. The van der Waals surface area contributed by atoms with Crippen molar-refractivity contribution >= 4 is 17.5 Å². The van der Waals surface area contributed by atoms with Crippen LogP contribution >= 0.6 is 0 Å². The van der Waals surface area contributed by atoms with Gasteiger partial charge in [0.05, 0.1) is 12.2 Å². The molecule has 1 N–H and O–H groups in total. The number of ether oxygens (including phenoxy) is 1. The lowest BCUT2D eigenvalue weighted by atomic mass is 10.00. The molecule has 0 spiro atoms. The largest absolute Gasteiger partial charge is 0.435 e. The lowest BCUT2D eigenvalue weighted by Gasteiger charge is -2.30. The zero-order chi connectivity index (χ0) is 21.8. The molecule has 30 heavy (non-hydrogen) atoms. The van der Waals surface area contributed by atoms with Gasteiger partial charge in [0.25, 0.3) is 5.91 Å². The third kappa shape index (κ3) is 5.03. The molecule has 0 bridgehead atoms. The van der Waals surface area contributed by atoms with Gasteiger partial charge in [-0.3, -0.25) is 9.59 Å². The molecule has 1 aliphatic heterocycles. The molecule has 0 saturated carbocycles. The van der Waals surface area contributed by atoms with Crippen molar-refractivity contribution in [3.8, 4) is 16.9 Å². The van der Waals surface area contributed by atoms with Gasteiger partial charge in [0.2, 0.25) is 5.91 Å².